The van der Waals surface area contributed by atoms with Crippen molar-refractivity contribution in [2.24, 2.45) is 20.5 Å². The Hall–Kier alpha value is -5.54. The van der Waals surface area contributed by atoms with Gasteiger partial charge in [0.15, 0.2) is 0 Å². The molecule has 14 heteroatoms. The zero-order valence-electron chi connectivity index (χ0n) is 25.5. The highest BCUT2D eigenvalue weighted by Gasteiger charge is 2.20. The van der Waals surface area contributed by atoms with Crippen LogP contribution in [-0.2, 0) is 20.2 Å². The van der Waals surface area contributed by atoms with Gasteiger partial charge in [0.2, 0.25) is 0 Å². The maximum atomic E-state index is 12.0. The summed E-state index contributed by atoms with van der Waals surface area (Å²) in [7, 11) is -9.01. The topological polar surface area (TPSA) is 210 Å². The first-order chi connectivity index (χ1) is 22.7. The molecule has 12 nitrogen and oxygen atoms in total. The molecular formula is C34H28N6O6S2. The van der Waals surface area contributed by atoms with Gasteiger partial charge in [-0.3, -0.25) is 9.11 Å². The lowest BCUT2D eigenvalue weighted by atomic mass is 10.0. The van der Waals surface area contributed by atoms with E-state index in [-0.39, 0.29) is 22.0 Å². The molecule has 0 saturated carbocycles. The van der Waals surface area contributed by atoms with Crippen LogP contribution >= 0.6 is 0 Å². The first kappa shape index (κ1) is 32.4. The number of aryl methyl sites for hydroxylation is 2. The highest BCUT2D eigenvalue weighted by Crippen LogP contribution is 2.40. The minimum absolute atomic E-state index is 0.133. The number of hydrogen-bond acceptors (Lipinski definition) is 10. The zero-order valence-corrected chi connectivity index (χ0v) is 27.2. The lowest BCUT2D eigenvalue weighted by molar-refractivity contribution is 0.481. The van der Waals surface area contributed by atoms with Crippen LogP contribution in [0.5, 0.6) is 0 Å². The number of rotatable bonds is 7. The molecule has 6 aromatic carbocycles. The Morgan fingerprint density at radius 1 is 0.562 bits per heavy atom. The summed E-state index contributed by atoms with van der Waals surface area (Å²) in [5, 5.41) is 19.6. The third kappa shape index (κ3) is 6.37. The second-order valence-electron chi connectivity index (χ2n) is 11.1. The Balaban J connectivity index is 1.29. The molecule has 0 fully saturated rings. The third-order valence-electron chi connectivity index (χ3n) is 7.84. The molecular weight excluding hydrogens is 653 g/mol. The van der Waals surface area contributed by atoms with Crippen LogP contribution < -0.4 is 11.5 Å². The molecule has 0 bridgehead atoms. The van der Waals surface area contributed by atoms with Gasteiger partial charge in [0, 0.05) is 10.8 Å². The molecule has 0 saturated heterocycles. The number of nitrogens with zero attached hydrogens (tertiary/aromatic N) is 4. The first-order valence-corrected chi connectivity index (χ1v) is 17.2. The van der Waals surface area contributed by atoms with E-state index in [1.165, 1.54) is 18.2 Å². The molecule has 0 aromatic heterocycles. The van der Waals surface area contributed by atoms with Crippen molar-refractivity contribution in [3.05, 3.63) is 108 Å². The Bertz CT molecular complexity index is 2570. The summed E-state index contributed by atoms with van der Waals surface area (Å²) in [5.41, 5.74) is 17.3. The molecule has 0 aliphatic heterocycles. The molecule has 6 rings (SSSR count). The number of fused-ring (bicyclic) bond motifs is 2. The van der Waals surface area contributed by atoms with Crippen molar-refractivity contribution in [2.75, 3.05) is 11.5 Å². The molecule has 48 heavy (non-hydrogen) atoms. The van der Waals surface area contributed by atoms with Gasteiger partial charge in [0.05, 0.1) is 27.6 Å². The fourth-order valence-electron chi connectivity index (χ4n) is 5.31. The summed E-state index contributed by atoms with van der Waals surface area (Å²) in [5.74, 6) is 0. The Kier molecular flexibility index (Phi) is 8.26. The normalized spacial score (nSPS) is 12.5. The minimum atomic E-state index is -4.59. The summed E-state index contributed by atoms with van der Waals surface area (Å²) in [4.78, 5) is -0.711. The van der Waals surface area contributed by atoms with Gasteiger partial charge in [-0.15, -0.1) is 10.2 Å². The predicted molar refractivity (Wildman–Crippen MR) is 186 cm³/mol. The molecule has 0 atom stereocenters. The maximum absolute atomic E-state index is 12.0. The molecule has 0 spiro atoms. The van der Waals surface area contributed by atoms with Gasteiger partial charge in [-0.2, -0.15) is 27.1 Å². The first-order valence-electron chi connectivity index (χ1n) is 14.3. The van der Waals surface area contributed by atoms with E-state index in [0.29, 0.717) is 38.6 Å². The number of nitrogen functional groups attached to an aromatic ring is 2. The van der Waals surface area contributed by atoms with Crippen molar-refractivity contribution in [2.45, 2.75) is 23.6 Å². The second kappa shape index (κ2) is 12.2. The molecule has 0 unspecified atom stereocenters. The quantitative estimate of drug-likeness (QED) is 0.0725. The number of hydrogen-bond donors (Lipinski definition) is 4. The van der Waals surface area contributed by atoms with Crippen molar-refractivity contribution >= 4 is 75.9 Å². The summed E-state index contributed by atoms with van der Waals surface area (Å²) < 4.78 is 66.5. The van der Waals surface area contributed by atoms with E-state index in [1.807, 2.05) is 38.1 Å². The predicted octanol–water partition coefficient (Wildman–Crippen LogP) is 8.77. The fourth-order valence-corrected chi connectivity index (χ4v) is 6.47. The monoisotopic (exact) mass is 680 g/mol. The van der Waals surface area contributed by atoms with E-state index < -0.39 is 25.1 Å². The zero-order chi connectivity index (χ0) is 34.4. The Morgan fingerprint density at radius 2 is 1.15 bits per heavy atom. The van der Waals surface area contributed by atoms with E-state index >= 15 is 0 Å². The van der Waals surface area contributed by atoms with Gasteiger partial charge in [-0.25, -0.2) is 0 Å². The van der Waals surface area contributed by atoms with Crippen LogP contribution in [-0.4, -0.2) is 25.9 Å². The van der Waals surface area contributed by atoms with Crippen molar-refractivity contribution in [3.8, 4) is 11.1 Å². The lowest BCUT2D eigenvalue weighted by Gasteiger charge is -2.10. The standard InChI is InChI=1S/C34H28N6O6S2/c1-19-15-22(9-13-29(19)37-39-33-27-18-25(47(41,42)43)11-7-21(27)8-12-28(33)35)23-10-14-30(20(2)16-23)38-40-34-26-6-4-3-5-24(26)17-31(32(34)36)48(44,45)46/h3-18H,35-36H2,1-2H3,(H,41,42,43)(H,44,45,46). The number of benzene rings is 6. The average Bonchev–Trinajstić information content (AvgIpc) is 3.03. The average molecular weight is 681 g/mol. The fraction of sp³-hybridized carbons (Fsp3) is 0.0588. The molecule has 0 amide bonds. The molecule has 6 aromatic rings. The smallest absolute Gasteiger partial charge is 0.296 e. The van der Waals surface area contributed by atoms with Crippen LogP contribution in [0.2, 0.25) is 0 Å². The van der Waals surface area contributed by atoms with E-state index in [0.717, 1.165) is 22.3 Å². The van der Waals surface area contributed by atoms with Crippen LogP contribution in [0, 0.1) is 13.8 Å². The molecule has 0 aliphatic carbocycles. The van der Waals surface area contributed by atoms with Crippen LogP contribution in [0.4, 0.5) is 34.1 Å². The Labute approximate surface area is 276 Å². The van der Waals surface area contributed by atoms with Gasteiger partial charge in [0.1, 0.15) is 16.3 Å². The summed E-state index contributed by atoms with van der Waals surface area (Å²) in [6.07, 6.45) is 0. The second-order valence-corrected chi connectivity index (χ2v) is 13.9. The van der Waals surface area contributed by atoms with Gasteiger partial charge in [-0.05, 0) is 95.4 Å². The van der Waals surface area contributed by atoms with Crippen LogP contribution in [0.25, 0.3) is 32.7 Å². The minimum Gasteiger partial charge on any atom is -0.397 e. The molecule has 0 heterocycles. The van der Waals surface area contributed by atoms with Gasteiger partial charge in [-0.1, -0.05) is 48.5 Å². The number of anilines is 2. The van der Waals surface area contributed by atoms with E-state index in [9.17, 15) is 25.9 Å². The maximum Gasteiger partial charge on any atom is 0.296 e. The molecule has 0 aliphatic rings. The van der Waals surface area contributed by atoms with Crippen molar-refractivity contribution in [3.63, 3.8) is 0 Å². The summed E-state index contributed by atoms with van der Waals surface area (Å²) in [6, 6.07) is 27.0. The van der Waals surface area contributed by atoms with Crippen molar-refractivity contribution in [1.82, 2.24) is 0 Å². The highest BCUT2D eigenvalue weighted by atomic mass is 32.2. The van der Waals surface area contributed by atoms with E-state index in [1.54, 1.807) is 54.6 Å². The van der Waals surface area contributed by atoms with E-state index in [4.69, 9.17) is 11.5 Å². The summed E-state index contributed by atoms with van der Waals surface area (Å²) in [6.45, 7) is 3.75. The van der Waals surface area contributed by atoms with Crippen LogP contribution in [0.15, 0.2) is 127 Å². The van der Waals surface area contributed by atoms with Gasteiger partial charge < -0.3 is 11.5 Å². The number of nitrogens with two attached hydrogens (primary N) is 2. The van der Waals surface area contributed by atoms with E-state index in [2.05, 4.69) is 20.5 Å². The van der Waals surface area contributed by atoms with Crippen molar-refractivity contribution in [1.29, 1.82) is 0 Å². The third-order valence-corrected chi connectivity index (χ3v) is 9.58. The highest BCUT2D eigenvalue weighted by molar-refractivity contribution is 7.86. The number of azo groups is 2. The van der Waals surface area contributed by atoms with Crippen LogP contribution in [0.3, 0.4) is 0 Å². The molecule has 6 N–H and O–H groups in total. The molecule has 0 radical (unpaired) electrons. The Morgan fingerprint density at radius 3 is 1.73 bits per heavy atom. The lowest BCUT2D eigenvalue weighted by Crippen LogP contribution is -2.03. The van der Waals surface area contributed by atoms with Crippen molar-refractivity contribution < 1.29 is 25.9 Å². The summed E-state index contributed by atoms with van der Waals surface area (Å²) >= 11 is 0. The largest absolute Gasteiger partial charge is 0.397 e. The van der Waals surface area contributed by atoms with Crippen LogP contribution in [0.1, 0.15) is 11.1 Å². The van der Waals surface area contributed by atoms with Gasteiger partial charge in [0.25, 0.3) is 20.2 Å². The van der Waals surface area contributed by atoms with Gasteiger partial charge >= 0.3 is 0 Å². The molecule has 242 valence electrons. The SMILES string of the molecule is Cc1cc(-c2ccc(N=Nc3c(N)c(S(=O)(=O)O)cc4ccccc34)c(C)c2)ccc1N=Nc1c(N)ccc2ccc(S(=O)(=O)O)cc12.